The number of halogens is 1. The molecule has 3 aromatic carbocycles. The van der Waals surface area contributed by atoms with Gasteiger partial charge in [-0.25, -0.2) is 4.98 Å². The van der Waals surface area contributed by atoms with E-state index in [0.29, 0.717) is 16.7 Å². The van der Waals surface area contributed by atoms with Crippen LogP contribution in [-0.4, -0.2) is 22.0 Å². The maximum Gasteiger partial charge on any atom is 0.282 e. The molecule has 0 radical (unpaired) electrons. The molecule has 0 spiro atoms. The molecule has 4 rings (SSSR count). The fourth-order valence-electron chi connectivity index (χ4n) is 3.66. The van der Waals surface area contributed by atoms with E-state index >= 15 is 0 Å². The molecule has 0 aliphatic rings. The van der Waals surface area contributed by atoms with Gasteiger partial charge in [-0.05, 0) is 55.3 Å². The summed E-state index contributed by atoms with van der Waals surface area (Å²) < 4.78 is 8.32. The number of nitrogens with zero attached hydrogens (tertiary/aromatic N) is 3. The van der Waals surface area contributed by atoms with Crippen molar-refractivity contribution in [2.45, 2.75) is 46.1 Å². The summed E-state index contributed by atoms with van der Waals surface area (Å²) in [6.45, 7) is 8.12. The third-order valence-corrected chi connectivity index (χ3v) is 5.98. The smallest absolute Gasteiger partial charge is 0.282 e. The summed E-state index contributed by atoms with van der Waals surface area (Å²) in [7, 11) is 0. The van der Waals surface area contributed by atoms with Crippen molar-refractivity contribution in [2.75, 3.05) is 0 Å². The summed E-state index contributed by atoms with van der Waals surface area (Å²) in [6.07, 6.45) is 2.58. The third-order valence-electron chi connectivity index (χ3n) is 5.48. The lowest BCUT2D eigenvalue weighted by molar-refractivity contribution is 0.242. The highest BCUT2D eigenvalue weighted by molar-refractivity contribution is 9.10. The van der Waals surface area contributed by atoms with Crippen molar-refractivity contribution in [3.05, 3.63) is 80.8 Å². The van der Waals surface area contributed by atoms with E-state index in [9.17, 15) is 4.79 Å². The number of hydrogen-bond acceptors (Lipinski definition) is 4. The van der Waals surface area contributed by atoms with Gasteiger partial charge in [-0.15, -0.1) is 0 Å². The zero-order valence-electron chi connectivity index (χ0n) is 18.7. The minimum Gasteiger partial charge on any atom is -0.490 e. The maximum atomic E-state index is 13.4. The molecule has 1 heterocycles. The normalized spacial score (nSPS) is 12.8. The van der Waals surface area contributed by atoms with E-state index in [4.69, 9.17) is 9.72 Å². The van der Waals surface area contributed by atoms with Crippen molar-refractivity contribution in [3.8, 4) is 5.75 Å². The van der Waals surface area contributed by atoms with Gasteiger partial charge in [-0.3, -0.25) is 4.79 Å². The zero-order valence-corrected chi connectivity index (χ0v) is 20.3. The molecule has 1 aromatic heterocycles. The Morgan fingerprint density at radius 3 is 2.62 bits per heavy atom. The van der Waals surface area contributed by atoms with Crippen LogP contribution in [0.25, 0.3) is 21.7 Å². The molecule has 0 N–H and O–H groups in total. The second-order valence-electron chi connectivity index (χ2n) is 8.17. The van der Waals surface area contributed by atoms with E-state index in [1.165, 1.54) is 4.68 Å². The van der Waals surface area contributed by atoms with Crippen LogP contribution in [-0.2, 0) is 0 Å². The molecule has 164 valence electrons. The SMILES string of the molecule is CC[C@H](C)c1nc2ccc(Br)cc2c(=O)n1N=Cc1c(OC(C)C)ccc2ccccc12. The van der Waals surface area contributed by atoms with Crippen molar-refractivity contribution >= 4 is 43.8 Å². The summed E-state index contributed by atoms with van der Waals surface area (Å²) in [5.41, 5.74) is 1.33. The lowest BCUT2D eigenvalue weighted by atomic mass is 10.0. The molecule has 0 unspecified atom stereocenters. The Hall–Kier alpha value is -2.99. The highest BCUT2D eigenvalue weighted by atomic mass is 79.9. The summed E-state index contributed by atoms with van der Waals surface area (Å²) in [6, 6.07) is 17.6. The lowest BCUT2D eigenvalue weighted by Gasteiger charge is -2.16. The Bertz CT molecular complexity index is 1380. The molecular weight excluding hydrogens is 466 g/mol. The molecule has 0 saturated heterocycles. The Morgan fingerprint density at radius 1 is 1.09 bits per heavy atom. The van der Waals surface area contributed by atoms with Crippen LogP contribution in [0.15, 0.2) is 69.0 Å². The van der Waals surface area contributed by atoms with Crippen LogP contribution >= 0.6 is 15.9 Å². The highest BCUT2D eigenvalue weighted by Gasteiger charge is 2.16. The molecule has 5 nitrogen and oxygen atoms in total. The minimum absolute atomic E-state index is 0.0152. The third kappa shape index (κ3) is 4.32. The summed E-state index contributed by atoms with van der Waals surface area (Å²) >= 11 is 3.46. The fourth-order valence-corrected chi connectivity index (χ4v) is 4.02. The van der Waals surface area contributed by atoms with Crippen LogP contribution < -0.4 is 10.3 Å². The first-order chi connectivity index (χ1) is 15.4. The second-order valence-corrected chi connectivity index (χ2v) is 9.08. The van der Waals surface area contributed by atoms with Gasteiger partial charge in [0.15, 0.2) is 0 Å². The summed E-state index contributed by atoms with van der Waals surface area (Å²) in [5.74, 6) is 1.46. The van der Waals surface area contributed by atoms with Crippen molar-refractivity contribution < 1.29 is 4.74 Å². The maximum absolute atomic E-state index is 13.4. The predicted octanol–water partition coefficient (Wildman–Crippen LogP) is 6.50. The first kappa shape index (κ1) is 22.2. The largest absolute Gasteiger partial charge is 0.490 e. The molecular formula is C26H26BrN3O2. The molecule has 0 amide bonds. The van der Waals surface area contributed by atoms with E-state index in [2.05, 4.69) is 40.9 Å². The highest BCUT2D eigenvalue weighted by Crippen LogP contribution is 2.28. The molecule has 0 aliphatic heterocycles. The van der Waals surface area contributed by atoms with Crippen LogP contribution in [0, 0.1) is 0 Å². The van der Waals surface area contributed by atoms with Gasteiger partial charge < -0.3 is 4.74 Å². The monoisotopic (exact) mass is 491 g/mol. The standard InChI is InChI=1S/C26H26BrN3O2/c1-5-17(4)25-29-23-12-11-19(27)14-21(23)26(31)30(25)28-15-22-20-9-7-6-8-18(20)10-13-24(22)32-16(2)3/h6-17H,5H2,1-4H3/t17-/m0/s1. The summed E-state index contributed by atoms with van der Waals surface area (Å²) in [4.78, 5) is 18.2. The van der Waals surface area contributed by atoms with Crippen LogP contribution in [0.4, 0.5) is 0 Å². The van der Waals surface area contributed by atoms with Gasteiger partial charge in [0, 0.05) is 16.0 Å². The first-order valence-electron chi connectivity index (χ1n) is 10.8. The molecule has 0 saturated carbocycles. The van der Waals surface area contributed by atoms with E-state index in [1.54, 1.807) is 12.3 Å². The van der Waals surface area contributed by atoms with Crippen molar-refractivity contribution in [1.82, 2.24) is 9.66 Å². The Morgan fingerprint density at radius 2 is 1.88 bits per heavy atom. The average molecular weight is 492 g/mol. The van der Waals surface area contributed by atoms with E-state index in [-0.39, 0.29) is 17.6 Å². The van der Waals surface area contributed by atoms with Crippen LogP contribution in [0.1, 0.15) is 51.4 Å². The predicted molar refractivity (Wildman–Crippen MR) is 135 cm³/mol. The number of aromatic nitrogens is 2. The summed E-state index contributed by atoms with van der Waals surface area (Å²) in [5, 5.41) is 7.29. The molecule has 1 atom stereocenters. The fraction of sp³-hybridized carbons (Fsp3) is 0.269. The Kier molecular flexibility index (Phi) is 6.42. The first-order valence-corrected chi connectivity index (χ1v) is 11.6. The van der Waals surface area contributed by atoms with Crippen molar-refractivity contribution in [2.24, 2.45) is 5.10 Å². The Labute approximate surface area is 195 Å². The van der Waals surface area contributed by atoms with Gasteiger partial charge in [-0.1, -0.05) is 60.1 Å². The van der Waals surface area contributed by atoms with Crippen molar-refractivity contribution in [3.63, 3.8) is 0 Å². The second kappa shape index (κ2) is 9.25. The van der Waals surface area contributed by atoms with E-state index in [1.807, 2.05) is 56.3 Å². The van der Waals surface area contributed by atoms with Gasteiger partial charge in [0.25, 0.3) is 5.56 Å². The Balaban J connectivity index is 1.95. The molecule has 0 aliphatic carbocycles. The minimum atomic E-state index is -0.186. The molecule has 6 heteroatoms. The number of ether oxygens (including phenoxy) is 1. The van der Waals surface area contributed by atoms with Gasteiger partial charge >= 0.3 is 0 Å². The van der Waals surface area contributed by atoms with Crippen LogP contribution in [0.5, 0.6) is 5.75 Å². The lowest BCUT2D eigenvalue weighted by Crippen LogP contribution is -2.23. The number of hydrogen-bond donors (Lipinski definition) is 0. The topological polar surface area (TPSA) is 56.5 Å². The van der Waals surface area contributed by atoms with Crippen LogP contribution in [0.3, 0.4) is 0 Å². The van der Waals surface area contributed by atoms with Gasteiger partial charge in [0.2, 0.25) is 0 Å². The molecule has 32 heavy (non-hydrogen) atoms. The number of benzene rings is 3. The quantitative estimate of drug-likeness (QED) is 0.289. The zero-order chi connectivity index (χ0) is 22.8. The molecule has 0 bridgehead atoms. The van der Waals surface area contributed by atoms with Gasteiger partial charge in [-0.2, -0.15) is 9.78 Å². The van der Waals surface area contributed by atoms with Crippen LogP contribution in [0.2, 0.25) is 0 Å². The number of rotatable bonds is 6. The van der Waals surface area contributed by atoms with Gasteiger partial charge in [0.05, 0.1) is 23.2 Å². The van der Waals surface area contributed by atoms with Crippen molar-refractivity contribution in [1.29, 1.82) is 0 Å². The molecule has 0 fully saturated rings. The van der Waals surface area contributed by atoms with Gasteiger partial charge in [0.1, 0.15) is 11.6 Å². The van der Waals surface area contributed by atoms with E-state index < -0.39 is 0 Å². The van der Waals surface area contributed by atoms with E-state index in [0.717, 1.165) is 33.0 Å². The average Bonchev–Trinajstić information content (AvgIpc) is 2.78. The molecule has 4 aromatic rings. The number of fused-ring (bicyclic) bond motifs is 2.